The lowest BCUT2D eigenvalue weighted by molar-refractivity contribution is -0.139. The molecule has 1 heterocycles. The molecule has 1 atom stereocenters. The summed E-state index contributed by atoms with van der Waals surface area (Å²) >= 11 is 3.94. The first-order valence-corrected chi connectivity index (χ1v) is 21.2. The lowest BCUT2D eigenvalue weighted by atomic mass is 10.0. The molecule has 304 valence electrons. The van der Waals surface area contributed by atoms with Crippen LogP contribution in [0.2, 0.25) is 0 Å². The van der Waals surface area contributed by atoms with Gasteiger partial charge in [-0.15, -0.1) is 10.2 Å². The van der Waals surface area contributed by atoms with Crippen molar-refractivity contribution in [1.82, 2.24) is 10.2 Å². The summed E-state index contributed by atoms with van der Waals surface area (Å²) in [5.74, 6) is -0.945. The highest BCUT2D eigenvalue weighted by Gasteiger charge is 2.23. The summed E-state index contributed by atoms with van der Waals surface area (Å²) in [5.41, 5.74) is 3.48. The van der Waals surface area contributed by atoms with Crippen LogP contribution in [0.4, 0.5) is 11.4 Å². The monoisotopic (exact) mass is 852 g/mol. The molecule has 0 spiro atoms. The van der Waals surface area contributed by atoms with Gasteiger partial charge in [-0.25, -0.2) is 4.79 Å². The fraction of sp³-hybridized carbons (Fsp3) is 0.209. The molecule has 0 aliphatic heterocycles. The summed E-state index contributed by atoms with van der Waals surface area (Å²) in [5, 5.41) is 35.6. The quantitative estimate of drug-likeness (QED) is 0.0503. The third-order valence-electron chi connectivity index (χ3n) is 8.78. The van der Waals surface area contributed by atoms with Crippen molar-refractivity contribution < 1.29 is 43.6 Å². The number of carboxylic acids is 1. The molecule has 0 bridgehead atoms. The number of fused-ring (bicyclic) bond motifs is 1. The summed E-state index contributed by atoms with van der Waals surface area (Å²) in [6, 6.07) is 25.0. The van der Waals surface area contributed by atoms with E-state index in [1.54, 1.807) is 49.4 Å². The maximum absolute atomic E-state index is 13.6. The van der Waals surface area contributed by atoms with E-state index in [0.717, 1.165) is 11.1 Å². The van der Waals surface area contributed by atoms with E-state index in [1.807, 2.05) is 39.0 Å². The average Bonchev–Trinajstić information content (AvgIpc) is 3.68. The zero-order valence-corrected chi connectivity index (χ0v) is 34.9. The van der Waals surface area contributed by atoms with Crippen molar-refractivity contribution in [2.75, 3.05) is 23.0 Å². The molecule has 1 unspecified atom stereocenters. The Bertz CT molecular complexity index is 2510. The number of benzene rings is 5. The van der Waals surface area contributed by atoms with Gasteiger partial charge in [-0.2, -0.15) is 0 Å². The molecule has 6 aromatic rings. The van der Waals surface area contributed by atoms with E-state index in [4.69, 9.17) is 14.2 Å². The summed E-state index contributed by atoms with van der Waals surface area (Å²) in [4.78, 5) is 50.4. The number of carbonyl (C=O) groups is 4. The molecule has 0 aliphatic carbocycles. The van der Waals surface area contributed by atoms with Crippen LogP contribution in [0.1, 0.15) is 57.7 Å². The minimum absolute atomic E-state index is 0.0575. The van der Waals surface area contributed by atoms with Crippen molar-refractivity contribution in [3.8, 4) is 23.0 Å². The number of esters is 1. The van der Waals surface area contributed by atoms with Crippen molar-refractivity contribution in [3.63, 3.8) is 0 Å². The van der Waals surface area contributed by atoms with Crippen LogP contribution in [0.25, 0.3) is 10.8 Å². The Morgan fingerprint density at radius 3 is 2.19 bits per heavy atom. The first-order chi connectivity index (χ1) is 28.4. The largest absolute Gasteiger partial charge is 0.506 e. The second-order valence-corrected chi connectivity index (χ2v) is 16.5. The SMILES string of the molecule is CCOC(=O)CSc1nnc(SCc2cc(NC(=O)C(CC)Oc3ccc(C)cc3C)ccc2Oc2cc(C(=O)Nc3ccc(C(=O)O)cc3)c(O)c3ccccc23)s1. The molecule has 13 nitrogen and oxygen atoms in total. The predicted octanol–water partition coefficient (Wildman–Crippen LogP) is 9.50. The van der Waals surface area contributed by atoms with Crippen LogP contribution < -0.4 is 20.1 Å². The molecule has 16 heteroatoms. The van der Waals surface area contributed by atoms with Gasteiger partial charge in [0.2, 0.25) is 0 Å². The van der Waals surface area contributed by atoms with E-state index in [9.17, 15) is 29.4 Å². The molecule has 6 rings (SSSR count). The number of phenols is 1. The first kappa shape index (κ1) is 42.5. The van der Waals surface area contributed by atoms with E-state index in [0.29, 0.717) is 60.1 Å². The second-order valence-electron chi connectivity index (χ2n) is 13.1. The minimum Gasteiger partial charge on any atom is -0.506 e. The normalized spacial score (nSPS) is 11.5. The molecule has 0 saturated carbocycles. The number of anilines is 2. The molecule has 0 radical (unpaired) electrons. The lowest BCUT2D eigenvalue weighted by Crippen LogP contribution is -2.32. The Morgan fingerprint density at radius 2 is 1.49 bits per heavy atom. The molecular weight excluding hydrogens is 813 g/mol. The Kier molecular flexibility index (Phi) is 14.1. The number of hydrogen-bond donors (Lipinski definition) is 4. The van der Waals surface area contributed by atoms with Crippen LogP contribution in [-0.4, -0.2) is 62.6 Å². The summed E-state index contributed by atoms with van der Waals surface area (Å²) in [7, 11) is 0. The Balaban J connectivity index is 1.29. The van der Waals surface area contributed by atoms with Crippen molar-refractivity contribution in [2.24, 2.45) is 0 Å². The first-order valence-electron chi connectivity index (χ1n) is 18.4. The number of ether oxygens (including phenoxy) is 3. The van der Waals surface area contributed by atoms with E-state index < -0.39 is 18.0 Å². The van der Waals surface area contributed by atoms with Crippen LogP contribution in [-0.2, 0) is 20.1 Å². The highest BCUT2D eigenvalue weighted by atomic mass is 32.2. The fourth-order valence-electron chi connectivity index (χ4n) is 5.87. The predicted molar refractivity (Wildman–Crippen MR) is 230 cm³/mol. The smallest absolute Gasteiger partial charge is 0.335 e. The topological polar surface area (TPSA) is 186 Å². The number of phenolic OH excluding ortho intramolecular Hbond substituents is 1. The van der Waals surface area contributed by atoms with Crippen molar-refractivity contribution in [2.45, 2.75) is 54.7 Å². The van der Waals surface area contributed by atoms with E-state index in [1.165, 1.54) is 65.2 Å². The van der Waals surface area contributed by atoms with Crippen molar-refractivity contribution in [1.29, 1.82) is 0 Å². The van der Waals surface area contributed by atoms with Gasteiger partial charge < -0.3 is 35.1 Å². The number of aromatic carboxylic acids is 1. The number of carboxylic acid groups (broad SMARTS) is 1. The van der Waals surface area contributed by atoms with Gasteiger partial charge in [-0.3, -0.25) is 14.4 Å². The third kappa shape index (κ3) is 10.9. The van der Waals surface area contributed by atoms with Gasteiger partial charge in [0.05, 0.1) is 23.5 Å². The van der Waals surface area contributed by atoms with Crippen LogP contribution >= 0.6 is 34.9 Å². The van der Waals surface area contributed by atoms with Crippen LogP contribution in [0.3, 0.4) is 0 Å². The zero-order valence-electron chi connectivity index (χ0n) is 32.4. The molecule has 59 heavy (non-hydrogen) atoms. The number of hydrogen-bond acceptors (Lipinski definition) is 13. The number of rotatable bonds is 17. The summed E-state index contributed by atoms with van der Waals surface area (Å²) < 4.78 is 19.0. The van der Waals surface area contributed by atoms with Crippen LogP contribution in [0, 0.1) is 13.8 Å². The second kappa shape index (κ2) is 19.6. The third-order valence-corrected chi connectivity index (χ3v) is 12.0. The average molecular weight is 853 g/mol. The van der Waals surface area contributed by atoms with Gasteiger partial charge in [-0.1, -0.05) is 83.7 Å². The molecule has 0 saturated heterocycles. The fourth-order valence-corrected chi connectivity index (χ4v) is 8.67. The number of nitrogens with one attached hydrogen (secondary N) is 2. The van der Waals surface area contributed by atoms with Gasteiger partial charge in [0.15, 0.2) is 14.8 Å². The Labute approximate surface area is 352 Å². The standard InChI is InChI=1S/C43H40N4O9S3/c1-5-33(55-34-17-11-24(3)19-25(34)4)40(51)45-29-16-18-35(27(20-29)22-57-42-46-47-43(59-42)58-23-37(48)54-6-2)56-36-21-32(38(49)31-10-8-7-9-30(31)36)39(50)44-28-14-12-26(13-15-28)41(52)53/h7-21,33,49H,5-6,22-23H2,1-4H3,(H,44,50)(H,45,51)(H,52,53). The Hall–Kier alpha value is -6.10. The lowest BCUT2D eigenvalue weighted by Gasteiger charge is -2.20. The summed E-state index contributed by atoms with van der Waals surface area (Å²) in [6.45, 7) is 7.84. The molecule has 0 aliphatic rings. The number of nitrogens with zero attached hydrogens (tertiary/aromatic N) is 2. The highest BCUT2D eigenvalue weighted by molar-refractivity contribution is 8.03. The molecule has 4 N–H and O–H groups in total. The molecular formula is C43H40N4O9S3. The van der Waals surface area contributed by atoms with E-state index in [-0.39, 0.29) is 46.9 Å². The number of carbonyl (C=O) groups excluding carboxylic acids is 3. The van der Waals surface area contributed by atoms with Gasteiger partial charge in [0.25, 0.3) is 11.8 Å². The number of aromatic nitrogens is 2. The highest BCUT2D eigenvalue weighted by Crippen LogP contribution is 2.41. The van der Waals surface area contributed by atoms with E-state index in [2.05, 4.69) is 20.8 Å². The number of aryl methyl sites for hydroxylation is 2. The van der Waals surface area contributed by atoms with Gasteiger partial charge in [-0.05, 0) is 87.4 Å². The maximum Gasteiger partial charge on any atom is 0.335 e. The van der Waals surface area contributed by atoms with Crippen molar-refractivity contribution in [3.05, 3.63) is 119 Å². The zero-order chi connectivity index (χ0) is 42.1. The molecule has 2 amide bonds. The van der Waals surface area contributed by atoms with Gasteiger partial charge >= 0.3 is 11.9 Å². The Morgan fingerprint density at radius 1 is 0.797 bits per heavy atom. The number of aromatic hydroxyl groups is 1. The van der Waals surface area contributed by atoms with Crippen LogP contribution in [0.5, 0.6) is 23.0 Å². The number of amides is 2. The van der Waals surface area contributed by atoms with Gasteiger partial charge in [0.1, 0.15) is 23.0 Å². The minimum atomic E-state index is -1.10. The molecule has 0 fully saturated rings. The maximum atomic E-state index is 13.6. The number of thioether (sulfide) groups is 2. The van der Waals surface area contributed by atoms with Crippen molar-refractivity contribution >= 4 is 80.8 Å². The molecule has 5 aromatic carbocycles. The summed E-state index contributed by atoms with van der Waals surface area (Å²) in [6.07, 6.45) is -0.339. The van der Waals surface area contributed by atoms with Crippen LogP contribution in [0.15, 0.2) is 99.7 Å². The van der Waals surface area contributed by atoms with Gasteiger partial charge in [0, 0.05) is 33.5 Å². The molecule has 1 aromatic heterocycles. The van der Waals surface area contributed by atoms with E-state index >= 15 is 0 Å².